The van der Waals surface area contributed by atoms with Crippen LogP contribution in [-0.2, 0) is 6.54 Å². The molecule has 78 valence electrons. The molecule has 0 amide bonds. The van der Waals surface area contributed by atoms with Crippen LogP contribution in [0.5, 0.6) is 0 Å². The van der Waals surface area contributed by atoms with E-state index < -0.39 is 0 Å². The predicted octanol–water partition coefficient (Wildman–Crippen LogP) is 2.00. The van der Waals surface area contributed by atoms with Crippen LogP contribution < -0.4 is 5.32 Å². The molecule has 2 nitrogen and oxygen atoms in total. The van der Waals surface area contributed by atoms with Crippen LogP contribution in [0.2, 0.25) is 0 Å². The van der Waals surface area contributed by atoms with E-state index in [9.17, 15) is 5.11 Å². The molecular weight excluding hydrogens is 194 g/mol. The van der Waals surface area contributed by atoms with E-state index in [-0.39, 0.29) is 5.41 Å². The minimum Gasteiger partial charge on any atom is -0.396 e. The summed E-state index contributed by atoms with van der Waals surface area (Å²) in [5.74, 6) is 0. The molecule has 2 N–H and O–H groups in total. The zero-order valence-corrected chi connectivity index (χ0v) is 9.15. The standard InChI is InChI=1S/C11H17NOS/c13-9-11(4-2-5-11)8-12-7-10-3-1-6-14-10/h1,3,6,12-13H,2,4-5,7-9H2. The summed E-state index contributed by atoms with van der Waals surface area (Å²) in [4.78, 5) is 1.37. The Hall–Kier alpha value is -0.380. The van der Waals surface area contributed by atoms with Crippen molar-refractivity contribution in [1.29, 1.82) is 0 Å². The van der Waals surface area contributed by atoms with E-state index in [0.717, 1.165) is 13.1 Å². The van der Waals surface area contributed by atoms with E-state index in [1.165, 1.54) is 24.1 Å². The summed E-state index contributed by atoms with van der Waals surface area (Å²) in [6, 6.07) is 4.22. The number of aliphatic hydroxyl groups is 1. The van der Waals surface area contributed by atoms with Crippen LogP contribution in [0.25, 0.3) is 0 Å². The van der Waals surface area contributed by atoms with Gasteiger partial charge in [-0.1, -0.05) is 12.5 Å². The lowest BCUT2D eigenvalue weighted by Gasteiger charge is -2.40. The molecule has 0 spiro atoms. The molecule has 1 aliphatic carbocycles. The maximum absolute atomic E-state index is 9.26. The van der Waals surface area contributed by atoms with Crippen molar-refractivity contribution < 1.29 is 5.11 Å². The van der Waals surface area contributed by atoms with Gasteiger partial charge in [-0.15, -0.1) is 11.3 Å². The van der Waals surface area contributed by atoms with Crippen molar-refractivity contribution in [3.05, 3.63) is 22.4 Å². The summed E-state index contributed by atoms with van der Waals surface area (Å²) in [6.07, 6.45) is 3.64. The molecule has 1 aromatic rings. The van der Waals surface area contributed by atoms with Gasteiger partial charge in [-0.05, 0) is 24.3 Å². The molecule has 0 aliphatic heterocycles. The van der Waals surface area contributed by atoms with E-state index in [1.54, 1.807) is 11.3 Å². The predicted molar refractivity (Wildman–Crippen MR) is 59.4 cm³/mol. The fraction of sp³-hybridized carbons (Fsp3) is 0.636. The van der Waals surface area contributed by atoms with Gasteiger partial charge in [0.2, 0.25) is 0 Å². The molecule has 1 fully saturated rings. The first-order chi connectivity index (χ1) is 6.85. The summed E-state index contributed by atoms with van der Waals surface area (Å²) in [5.41, 5.74) is 0.206. The molecule has 14 heavy (non-hydrogen) atoms. The molecule has 3 heteroatoms. The maximum atomic E-state index is 9.26. The van der Waals surface area contributed by atoms with Gasteiger partial charge in [0.1, 0.15) is 0 Å². The number of rotatable bonds is 5. The molecule has 0 saturated heterocycles. The molecule has 0 radical (unpaired) electrons. The van der Waals surface area contributed by atoms with Gasteiger partial charge in [0.25, 0.3) is 0 Å². The summed E-state index contributed by atoms with van der Waals surface area (Å²) in [6.45, 7) is 2.24. The van der Waals surface area contributed by atoms with Gasteiger partial charge in [-0.25, -0.2) is 0 Å². The highest BCUT2D eigenvalue weighted by molar-refractivity contribution is 7.09. The van der Waals surface area contributed by atoms with Crippen LogP contribution in [0.1, 0.15) is 24.1 Å². The molecule has 2 rings (SSSR count). The zero-order valence-electron chi connectivity index (χ0n) is 8.33. The average molecular weight is 211 g/mol. The Balaban J connectivity index is 1.72. The lowest BCUT2D eigenvalue weighted by atomic mass is 9.69. The van der Waals surface area contributed by atoms with Gasteiger partial charge < -0.3 is 10.4 Å². The van der Waals surface area contributed by atoms with Gasteiger partial charge >= 0.3 is 0 Å². The number of nitrogens with one attached hydrogen (secondary N) is 1. The first kappa shape index (κ1) is 10.1. The Morgan fingerprint density at radius 3 is 2.86 bits per heavy atom. The van der Waals surface area contributed by atoms with E-state index in [1.807, 2.05) is 0 Å². The Morgan fingerprint density at radius 2 is 2.36 bits per heavy atom. The summed E-state index contributed by atoms with van der Waals surface area (Å²) < 4.78 is 0. The maximum Gasteiger partial charge on any atom is 0.0499 e. The van der Waals surface area contributed by atoms with Crippen molar-refractivity contribution >= 4 is 11.3 Å². The normalized spacial score (nSPS) is 19.2. The van der Waals surface area contributed by atoms with Gasteiger partial charge in [-0.3, -0.25) is 0 Å². The highest BCUT2D eigenvalue weighted by Crippen LogP contribution is 2.39. The van der Waals surface area contributed by atoms with Crippen molar-refractivity contribution in [2.75, 3.05) is 13.2 Å². The van der Waals surface area contributed by atoms with Gasteiger partial charge in [0.15, 0.2) is 0 Å². The summed E-state index contributed by atoms with van der Waals surface area (Å²) in [5, 5.41) is 14.8. The molecule has 1 aliphatic rings. The fourth-order valence-corrected chi connectivity index (χ4v) is 2.61. The quantitative estimate of drug-likeness (QED) is 0.781. The first-order valence-electron chi connectivity index (χ1n) is 5.19. The third kappa shape index (κ3) is 2.16. The van der Waals surface area contributed by atoms with Crippen molar-refractivity contribution in [2.24, 2.45) is 5.41 Å². The lowest BCUT2D eigenvalue weighted by molar-refractivity contribution is 0.0445. The molecule has 0 aromatic carbocycles. The van der Waals surface area contributed by atoms with Gasteiger partial charge in [0.05, 0.1) is 0 Å². The Morgan fingerprint density at radius 1 is 1.50 bits per heavy atom. The summed E-state index contributed by atoms with van der Waals surface area (Å²) in [7, 11) is 0. The zero-order chi connectivity index (χ0) is 9.86. The molecule has 0 unspecified atom stereocenters. The molecular formula is C11H17NOS. The van der Waals surface area contributed by atoms with Crippen molar-refractivity contribution in [3.63, 3.8) is 0 Å². The number of aliphatic hydroxyl groups excluding tert-OH is 1. The lowest BCUT2D eigenvalue weighted by Crippen LogP contribution is -2.42. The van der Waals surface area contributed by atoms with Crippen LogP contribution in [-0.4, -0.2) is 18.3 Å². The number of hydrogen-bond acceptors (Lipinski definition) is 3. The second-order valence-corrected chi connectivity index (χ2v) is 5.23. The Bertz CT molecular complexity index is 261. The highest BCUT2D eigenvalue weighted by atomic mass is 32.1. The summed E-state index contributed by atoms with van der Waals surface area (Å²) >= 11 is 1.78. The number of hydrogen-bond donors (Lipinski definition) is 2. The fourth-order valence-electron chi connectivity index (χ4n) is 1.93. The monoisotopic (exact) mass is 211 g/mol. The third-order valence-corrected chi connectivity index (χ3v) is 4.01. The minimum atomic E-state index is 0.206. The Labute approximate surface area is 89.0 Å². The highest BCUT2D eigenvalue weighted by Gasteiger charge is 2.35. The molecule has 1 heterocycles. The van der Waals surface area contributed by atoms with Gasteiger partial charge in [-0.2, -0.15) is 0 Å². The van der Waals surface area contributed by atoms with E-state index >= 15 is 0 Å². The molecule has 0 atom stereocenters. The first-order valence-corrected chi connectivity index (χ1v) is 6.07. The van der Waals surface area contributed by atoms with E-state index in [2.05, 4.69) is 22.8 Å². The van der Waals surface area contributed by atoms with Crippen LogP contribution in [0.4, 0.5) is 0 Å². The van der Waals surface area contributed by atoms with E-state index in [4.69, 9.17) is 0 Å². The average Bonchev–Trinajstić information content (AvgIpc) is 2.62. The second kappa shape index (κ2) is 4.43. The topological polar surface area (TPSA) is 32.3 Å². The van der Waals surface area contributed by atoms with E-state index in [0.29, 0.717) is 6.61 Å². The molecule has 1 saturated carbocycles. The third-order valence-electron chi connectivity index (χ3n) is 3.13. The smallest absolute Gasteiger partial charge is 0.0499 e. The van der Waals surface area contributed by atoms with Crippen LogP contribution in [0, 0.1) is 5.41 Å². The van der Waals surface area contributed by atoms with Crippen LogP contribution in [0.15, 0.2) is 17.5 Å². The minimum absolute atomic E-state index is 0.206. The van der Waals surface area contributed by atoms with Crippen molar-refractivity contribution in [3.8, 4) is 0 Å². The van der Waals surface area contributed by atoms with Gasteiger partial charge in [0, 0.05) is 30.0 Å². The van der Waals surface area contributed by atoms with Crippen LogP contribution in [0.3, 0.4) is 0 Å². The largest absolute Gasteiger partial charge is 0.396 e. The second-order valence-electron chi connectivity index (χ2n) is 4.19. The molecule has 1 aromatic heterocycles. The Kier molecular flexibility index (Phi) is 3.21. The SMILES string of the molecule is OCC1(CNCc2cccs2)CCC1. The van der Waals surface area contributed by atoms with Crippen molar-refractivity contribution in [1.82, 2.24) is 5.32 Å². The van der Waals surface area contributed by atoms with Crippen LogP contribution >= 0.6 is 11.3 Å². The number of thiophene rings is 1. The molecule has 0 bridgehead atoms. The van der Waals surface area contributed by atoms with Crippen molar-refractivity contribution in [2.45, 2.75) is 25.8 Å².